The first-order chi connectivity index (χ1) is 8.72. The zero-order valence-electron chi connectivity index (χ0n) is 12.2. The predicted octanol–water partition coefficient (Wildman–Crippen LogP) is 3.19. The van der Waals surface area contributed by atoms with E-state index in [2.05, 4.69) is 38.7 Å². The Morgan fingerprint density at radius 3 is 2.32 bits per heavy atom. The fourth-order valence-corrected chi connectivity index (χ4v) is 3.18. The van der Waals surface area contributed by atoms with Crippen LogP contribution in [0, 0.1) is 0 Å². The van der Waals surface area contributed by atoms with E-state index in [1.54, 1.807) is 0 Å². The Morgan fingerprint density at radius 2 is 1.79 bits per heavy atom. The van der Waals surface area contributed by atoms with E-state index in [9.17, 15) is 0 Å². The molecule has 3 nitrogen and oxygen atoms in total. The van der Waals surface area contributed by atoms with Crippen LogP contribution in [-0.2, 0) is 11.3 Å². The Morgan fingerprint density at radius 1 is 1.21 bits per heavy atom. The molecule has 1 aliphatic rings. The van der Waals surface area contributed by atoms with Gasteiger partial charge in [-0.1, -0.05) is 11.6 Å². The molecule has 0 unspecified atom stereocenters. The topological polar surface area (TPSA) is 38.5 Å². The monoisotopic (exact) mass is 282 g/mol. The number of benzene rings is 1. The van der Waals surface area contributed by atoms with Gasteiger partial charge in [0.2, 0.25) is 0 Å². The van der Waals surface area contributed by atoms with E-state index >= 15 is 0 Å². The van der Waals surface area contributed by atoms with Crippen LogP contribution in [-0.4, -0.2) is 24.3 Å². The Bertz CT molecular complexity index is 455. The molecular weight excluding hydrogens is 260 g/mol. The first-order valence-corrected chi connectivity index (χ1v) is 7.04. The molecule has 19 heavy (non-hydrogen) atoms. The first-order valence-electron chi connectivity index (χ1n) is 6.66. The number of hydrogen-bond acceptors (Lipinski definition) is 3. The second-order valence-corrected chi connectivity index (χ2v) is 6.89. The van der Waals surface area contributed by atoms with Crippen LogP contribution in [0.3, 0.4) is 0 Å². The molecule has 0 aromatic heterocycles. The van der Waals surface area contributed by atoms with E-state index in [0.717, 1.165) is 29.4 Å². The maximum atomic E-state index is 6.11. The number of morpholine rings is 1. The third-order valence-electron chi connectivity index (χ3n) is 3.30. The molecule has 0 bridgehead atoms. The number of ether oxygens (including phenoxy) is 1. The zero-order valence-corrected chi connectivity index (χ0v) is 12.9. The molecule has 0 atom stereocenters. The number of hydrogen-bond donors (Lipinski definition) is 1. The van der Waals surface area contributed by atoms with Crippen LogP contribution in [0.4, 0.5) is 5.69 Å². The Labute approximate surface area is 120 Å². The first kappa shape index (κ1) is 14.6. The van der Waals surface area contributed by atoms with Gasteiger partial charge in [-0.3, -0.25) is 0 Å². The smallest absolute Gasteiger partial charge is 0.0808 e. The van der Waals surface area contributed by atoms with E-state index in [4.69, 9.17) is 22.1 Å². The summed E-state index contributed by atoms with van der Waals surface area (Å²) in [5.74, 6) is 0. The zero-order chi connectivity index (χ0) is 14.3. The fraction of sp³-hybridized carbons (Fsp3) is 0.600. The van der Waals surface area contributed by atoms with Crippen molar-refractivity contribution in [1.29, 1.82) is 0 Å². The maximum absolute atomic E-state index is 6.11. The van der Waals surface area contributed by atoms with E-state index < -0.39 is 0 Å². The maximum Gasteiger partial charge on any atom is 0.0808 e. The summed E-state index contributed by atoms with van der Waals surface area (Å²) < 4.78 is 6.11. The number of rotatable bonds is 2. The van der Waals surface area contributed by atoms with Gasteiger partial charge < -0.3 is 15.4 Å². The van der Waals surface area contributed by atoms with Gasteiger partial charge in [-0.25, -0.2) is 0 Å². The van der Waals surface area contributed by atoms with E-state index in [0.29, 0.717) is 6.54 Å². The molecule has 0 spiro atoms. The van der Waals surface area contributed by atoms with Gasteiger partial charge in [-0.2, -0.15) is 0 Å². The molecule has 2 rings (SSSR count). The van der Waals surface area contributed by atoms with Crippen LogP contribution in [0.5, 0.6) is 0 Å². The molecule has 1 aromatic rings. The van der Waals surface area contributed by atoms with Crippen LogP contribution in [0.1, 0.15) is 33.3 Å². The number of nitrogens with zero attached hydrogens (tertiary/aromatic N) is 1. The molecule has 0 saturated carbocycles. The highest BCUT2D eigenvalue weighted by atomic mass is 35.5. The summed E-state index contributed by atoms with van der Waals surface area (Å²) in [7, 11) is 0. The second kappa shape index (κ2) is 4.97. The van der Waals surface area contributed by atoms with Gasteiger partial charge in [0.15, 0.2) is 0 Å². The van der Waals surface area contributed by atoms with Crippen molar-refractivity contribution in [2.24, 2.45) is 5.73 Å². The Hall–Kier alpha value is -0.770. The van der Waals surface area contributed by atoms with Crippen molar-refractivity contribution in [2.75, 3.05) is 18.0 Å². The van der Waals surface area contributed by atoms with Crippen molar-refractivity contribution < 1.29 is 4.74 Å². The molecule has 1 aliphatic heterocycles. The molecule has 4 heteroatoms. The predicted molar refractivity (Wildman–Crippen MR) is 80.8 cm³/mol. The minimum Gasteiger partial charge on any atom is -0.366 e. The number of halogens is 1. The fourth-order valence-electron chi connectivity index (χ4n) is 2.98. The van der Waals surface area contributed by atoms with E-state index in [1.807, 2.05) is 12.1 Å². The van der Waals surface area contributed by atoms with Crippen LogP contribution in [0.15, 0.2) is 18.2 Å². The van der Waals surface area contributed by atoms with Crippen molar-refractivity contribution in [1.82, 2.24) is 0 Å². The van der Waals surface area contributed by atoms with Gasteiger partial charge in [0.05, 0.1) is 11.2 Å². The molecule has 0 aliphatic carbocycles. The van der Waals surface area contributed by atoms with Crippen molar-refractivity contribution in [2.45, 2.75) is 45.4 Å². The molecule has 1 fully saturated rings. The Balaban J connectivity index is 2.35. The summed E-state index contributed by atoms with van der Waals surface area (Å²) >= 11 is 6.05. The Kier molecular flexibility index (Phi) is 3.83. The van der Waals surface area contributed by atoms with Crippen molar-refractivity contribution in [3.05, 3.63) is 28.8 Å². The molecule has 1 heterocycles. The average Bonchev–Trinajstić information content (AvgIpc) is 2.24. The molecule has 1 saturated heterocycles. The van der Waals surface area contributed by atoms with E-state index in [1.165, 1.54) is 0 Å². The van der Waals surface area contributed by atoms with Crippen LogP contribution in [0.25, 0.3) is 0 Å². The highest BCUT2D eigenvalue weighted by Gasteiger charge is 2.38. The largest absolute Gasteiger partial charge is 0.366 e. The number of nitrogens with two attached hydrogens (primary N) is 1. The minimum absolute atomic E-state index is 0.173. The summed E-state index contributed by atoms with van der Waals surface area (Å²) in [6, 6.07) is 5.93. The highest BCUT2D eigenvalue weighted by Crippen LogP contribution is 2.33. The quantitative estimate of drug-likeness (QED) is 0.905. The lowest BCUT2D eigenvalue weighted by atomic mass is 9.97. The standard InChI is InChI=1S/C15H23ClN2O/c1-14(2)9-18(10-15(3,4)19-14)13-6-5-12(16)7-11(13)8-17/h5-7H,8-10,17H2,1-4H3. The third-order valence-corrected chi connectivity index (χ3v) is 3.53. The summed E-state index contributed by atoms with van der Waals surface area (Å²) in [6.07, 6.45) is 0. The van der Waals surface area contributed by atoms with Gasteiger partial charge in [0, 0.05) is 30.3 Å². The lowest BCUT2D eigenvalue weighted by Gasteiger charge is -2.48. The SMILES string of the molecule is CC1(C)CN(c2ccc(Cl)cc2CN)CC(C)(C)O1. The summed E-state index contributed by atoms with van der Waals surface area (Å²) in [5, 5.41) is 0.732. The summed E-state index contributed by atoms with van der Waals surface area (Å²) in [4.78, 5) is 2.35. The average molecular weight is 283 g/mol. The molecule has 0 radical (unpaired) electrons. The molecular formula is C15H23ClN2O. The van der Waals surface area contributed by atoms with Crippen molar-refractivity contribution in [3.63, 3.8) is 0 Å². The van der Waals surface area contributed by atoms with Gasteiger partial charge in [-0.15, -0.1) is 0 Å². The van der Waals surface area contributed by atoms with Crippen molar-refractivity contribution >= 4 is 17.3 Å². The van der Waals surface area contributed by atoms with Gasteiger partial charge >= 0.3 is 0 Å². The lowest BCUT2D eigenvalue weighted by molar-refractivity contribution is -0.133. The summed E-state index contributed by atoms with van der Waals surface area (Å²) in [5.41, 5.74) is 7.75. The highest BCUT2D eigenvalue weighted by molar-refractivity contribution is 6.30. The molecule has 2 N–H and O–H groups in total. The molecule has 106 valence electrons. The van der Waals surface area contributed by atoms with Crippen LogP contribution in [0.2, 0.25) is 5.02 Å². The lowest BCUT2D eigenvalue weighted by Crippen LogP contribution is -2.57. The summed E-state index contributed by atoms with van der Waals surface area (Å²) in [6.45, 7) is 10.7. The number of anilines is 1. The van der Waals surface area contributed by atoms with Gasteiger partial charge in [0.1, 0.15) is 0 Å². The van der Waals surface area contributed by atoms with Gasteiger partial charge in [0.25, 0.3) is 0 Å². The van der Waals surface area contributed by atoms with E-state index in [-0.39, 0.29) is 11.2 Å². The van der Waals surface area contributed by atoms with Crippen LogP contribution < -0.4 is 10.6 Å². The second-order valence-electron chi connectivity index (χ2n) is 6.45. The third kappa shape index (κ3) is 3.41. The van der Waals surface area contributed by atoms with Gasteiger partial charge in [-0.05, 0) is 51.5 Å². The van der Waals surface area contributed by atoms with Crippen LogP contribution >= 0.6 is 11.6 Å². The molecule has 1 aromatic carbocycles. The molecule has 0 amide bonds. The normalized spacial score (nSPS) is 21.5. The minimum atomic E-state index is -0.173. The van der Waals surface area contributed by atoms with Crippen molar-refractivity contribution in [3.8, 4) is 0 Å².